The Morgan fingerprint density at radius 1 is 0.962 bits per heavy atom. The minimum atomic E-state index is -0.267. The molecule has 2 aromatic carbocycles. The number of methoxy groups -OCH3 is 1. The van der Waals surface area contributed by atoms with Crippen molar-refractivity contribution in [3.8, 4) is 5.75 Å². The number of nitrogens with zero attached hydrogens (tertiary/aromatic N) is 2. The Hall–Kier alpha value is -2.33. The Morgan fingerprint density at radius 3 is 2.31 bits per heavy atom. The third kappa shape index (κ3) is 3.34. The van der Waals surface area contributed by atoms with E-state index in [0.717, 1.165) is 29.7 Å². The second-order valence-electron chi connectivity index (χ2n) is 7.25. The number of fused-ring (bicyclic) bond motifs is 2. The lowest BCUT2D eigenvalue weighted by atomic mass is 10.0. The van der Waals surface area contributed by atoms with Crippen LogP contribution in [0, 0.1) is 0 Å². The number of oxime groups is 1. The molecule has 0 aliphatic carbocycles. The topological polar surface area (TPSA) is 34.1 Å². The van der Waals surface area contributed by atoms with Gasteiger partial charge in [-0.05, 0) is 31.5 Å². The van der Waals surface area contributed by atoms with Crippen molar-refractivity contribution in [2.24, 2.45) is 5.16 Å². The lowest BCUT2D eigenvalue weighted by molar-refractivity contribution is 0.0821. The summed E-state index contributed by atoms with van der Waals surface area (Å²) in [5.41, 5.74) is 3.27. The summed E-state index contributed by atoms with van der Waals surface area (Å²) in [6.45, 7) is 0. The highest BCUT2D eigenvalue weighted by atomic mass is 16.6. The van der Waals surface area contributed by atoms with Crippen LogP contribution in [0.5, 0.6) is 5.75 Å². The molecule has 2 aliphatic heterocycles. The first kappa shape index (κ1) is 17.1. The molecule has 2 bridgehead atoms. The first-order valence-corrected chi connectivity index (χ1v) is 9.37. The van der Waals surface area contributed by atoms with Crippen LogP contribution in [0.4, 0.5) is 0 Å². The zero-order valence-corrected chi connectivity index (χ0v) is 15.5. The molecular formula is C22H26N2O2. The molecule has 2 fully saturated rings. The third-order valence-electron chi connectivity index (χ3n) is 5.74. The number of hydrogen-bond donors (Lipinski definition) is 0. The molecule has 0 radical (unpaired) electrons. The fourth-order valence-corrected chi connectivity index (χ4v) is 4.22. The van der Waals surface area contributed by atoms with Gasteiger partial charge in [0.25, 0.3) is 0 Å². The standard InChI is InChI=1S/C22H26N2O2/c1-24-18-12-13-19(24)15-17(14-18)23-26-22(16-8-4-3-5-9-16)20-10-6-7-11-21(20)25-2/h3-11,18-19,22H,12-15H2,1-2H3. The summed E-state index contributed by atoms with van der Waals surface area (Å²) in [5, 5.41) is 4.62. The van der Waals surface area contributed by atoms with Gasteiger partial charge in [0.05, 0.1) is 12.8 Å². The molecule has 2 aromatic rings. The molecule has 2 aliphatic rings. The van der Waals surface area contributed by atoms with E-state index < -0.39 is 0 Å². The highest BCUT2D eigenvalue weighted by Crippen LogP contribution is 2.35. The quantitative estimate of drug-likeness (QED) is 0.749. The van der Waals surface area contributed by atoms with Crippen molar-refractivity contribution in [3.05, 3.63) is 65.7 Å². The molecule has 4 nitrogen and oxygen atoms in total. The normalized spacial score (nSPS) is 23.5. The Bertz CT molecular complexity index is 759. The number of hydrogen-bond acceptors (Lipinski definition) is 4. The zero-order valence-electron chi connectivity index (χ0n) is 15.5. The second-order valence-corrected chi connectivity index (χ2v) is 7.25. The smallest absolute Gasteiger partial charge is 0.181 e. The maximum Gasteiger partial charge on any atom is 0.181 e. The largest absolute Gasteiger partial charge is 0.496 e. The predicted molar refractivity (Wildman–Crippen MR) is 104 cm³/mol. The fraction of sp³-hybridized carbons (Fsp3) is 0.409. The maximum atomic E-state index is 6.15. The van der Waals surface area contributed by atoms with Crippen molar-refractivity contribution in [2.45, 2.75) is 43.9 Å². The summed E-state index contributed by atoms with van der Waals surface area (Å²) in [6.07, 6.45) is 4.31. The fourth-order valence-electron chi connectivity index (χ4n) is 4.22. The number of rotatable bonds is 5. The van der Waals surface area contributed by atoms with Crippen LogP contribution in [0.3, 0.4) is 0 Å². The van der Waals surface area contributed by atoms with E-state index >= 15 is 0 Å². The monoisotopic (exact) mass is 350 g/mol. The van der Waals surface area contributed by atoms with E-state index in [1.165, 1.54) is 18.6 Å². The summed E-state index contributed by atoms with van der Waals surface area (Å²) in [7, 11) is 3.93. The first-order valence-electron chi connectivity index (χ1n) is 9.37. The highest BCUT2D eigenvalue weighted by Gasteiger charge is 2.37. The lowest BCUT2D eigenvalue weighted by Gasteiger charge is -2.31. The van der Waals surface area contributed by atoms with Gasteiger partial charge in [-0.25, -0.2) is 0 Å². The van der Waals surface area contributed by atoms with Gasteiger partial charge in [-0.15, -0.1) is 0 Å². The first-order chi connectivity index (χ1) is 12.8. The van der Waals surface area contributed by atoms with Crippen LogP contribution in [0.15, 0.2) is 59.8 Å². The number of piperidine rings is 1. The van der Waals surface area contributed by atoms with Gasteiger partial charge in [0.2, 0.25) is 0 Å². The molecule has 3 atom stereocenters. The second kappa shape index (κ2) is 7.50. The molecule has 2 saturated heterocycles. The molecule has 4 rings (SSSR count). The average molecular weight is 350 g/mol. The molecule has 4 heteroatoms. The van der Waals surface area contributed by atoms with Crippen molar-refractivity contribution < 1.29 is 9.57 Å². The van der Waals surface area contributed by atoms with E-state index in [1.807, 2.05) is 36.4 Å². The van der Waals surface area contributed by atoms with Gasteiger partial charge in [0, 0.05) is 30.5 Å². The van der Waals surface area contributed by atoms with Crippen LogP contribution in [-0.2, 0) is 4.84 Å². The molecule has 0 N–H and O–H groups in total. The minimum absolute atomic E-state index is 0.267. The van der Waals surface area contributed by atoms with E-state index in [-0.39, 0.29) is 6.10 Å². The van der Waals surface area contributed by atoms with E-state index in [4.69, 9.17) is 9.57 Å². The lowest BCUT2D eigenvalue weighted by Crippen LogP contribution is -2.40. The summed E-state index contributed by atoms with van der Waals surface area (Å²) in [5.74, 6) is 0.824. The van der Waals surface area contributed by atoms with Crippen LogP contribution < -0.4 is 4.74 Å². The number of ether oxygens (including phenoxy) is 1. The molecule has 0 amide bonds. The van der Waals surface area contributed by atoms with Crippen LogP contribution in [-0.4, -0.2) is 36.9 Å². The number of benzene rings is 2. The maximum absolute atomic E-state index is 6.15. The molecule has 0 aromatic heterocycles. The summed E-state index contributed by atoms with van der Waals surface area (Å²) in [4.78, 5) is 8.65. The van der Waals surface area contributed by atoms with Crippen LogP contribution >= 0.6 is 0 Å². The van der Waals surface area contributed by atoms with Gasteiger partial charge in [0.1, 0.15) is 5.75 Å². The minimum Gasteiger partial charge on any atom is -0.496 e. The Kier molecular flexibility index (Phi) is 4.93. The average Bonchev–Trinajstić information content (AvgIpc) is 2.90. The van der Waals surface area contributed by atoms with E-state index in [0.29, 0.717) is 12.1 Å². The third-order valence-corrected chi connectivity index (χ3v) is 5.74. The molecule has 0 saturated carbocycles. The predicted octanol–water partition coefficient (Wildman–Crippen LogP) is 4.41. The summed E-state index contributed by atoms with van der Waals surface area (Å²) < 4.78 is 5.56. The number of para-hydroxylation sites is 1. The van der Waals surface area contributed by atoms with Crippen molar-refractivity contribution in [3.63, 3.8) is 0 Å². The van der Waals surface area contributed by atoms with Gasteiger partial charge < -0.3 is 9.57 Å². The van der Waals surface area contributed by atoms with Gasteiger partial charge >= 0.3 is 0 Å². The summed E-state index contributed by atoms with van der Waals surface area (Å²) in [6, 6.07) is 19.5. The van der Waals surface area contributed by atoms with Crippen LogP contribution in [0.25, 0.3) is 0 Å². The van der Waals surface area contributed by atoms with Gasteiger partial charge in [-0.2, -0.15) is 0 Å². The van der Waals surface area contributed by atoms with Gasteiger partial charge in [-0.3, -0.25) is 4.90 Å². The summed E-state index contributed by atoms with van der Waals surface area (Å²) >= 11 is 0. The zero-order chi connectivity index (χ0) is 17.9. The van der Waals surface area contributed by atoms with Crippen LogP contribution in [0.2, 0.25) is 0 Å². The molecule has 3 unspecified atom stereocenters. The van der Waals surface area contributed by atoms with Crippen molar-refractivity contribution in [2.75, 3.05) is 14.2 Å². The molecule has 2 heterocycles. The highest BCUT2D eigenvalue weighted by molar-refractivity contribution is 5.86. The molecule has 0 spiro atoms. The molecule has 26 heavy (non-hydrogen) atoms. The van der Waals surface area contributed by atoms with E-state index in [1.54, 1.807) is 7.11 Å². The van der Waals surface area contributed by atoms with E-state index in [2.05, 4.69) is 35.3 Å². The molecule has 136 valence electrons. The SMILES string of the molecule is COc1ccccc1C(ON=C1CC2CCC(C1)N2C)c1ccccc1. The van der Waals surface area contributed by atoms with Crippen molar-refractivity contribution in [1.82, 2.24) is 4.90 Å². The van der Waals surface area contributed by atoms with Gasteiger partial charge in [0.15, 0.2) is 6.10 Å². The van der Waals surface area contributed by atoms with Crippen molar-refractivity contribution >= 4 is 5.71 Å². The van der Waals surface area contributed by atoms with Gasteiger partial charge in [-0.1, -0.05) is 53.7 Å². The van der Waals surface area contributed by atoms with E-state index in [9.17, 15) is 0 Å². The Balaban J connectivity index is 1.61. The Morgan fingerprint density at radius 2 is 1.62 bits per heavy atom. The van der Waals surface area contributed by atoms with Crippen LogP contribution in [0.1, 0.15) is 42.9 Å². The molecular weight excluding hydrogens is 324 g/mol. The van der Waals surface area contributed by atoms with Crippen molar-refractivity contribution in [1.29, 1.82) is 0 Å². The Labute approximate surface area is 155 Å².